The summed E-state index contributed by atoms with van der Waals surface area (Å²) >= 11 is 0. The number of hydrogen-bond acceptors (Lipinski definition) is 2. The summed E-state index contributed by atoms with van der Waals surface area (Å²) in [6, 6.07) is 0. The van der Waals surface area contributed by atoms with Gasteiger partial charge in [0.25, 0.3) is 0 Å². The molecular weight excluding hydrogens is 128 g/mol. The molecule has 10 heavy (non-hydrogen) atoms. The Balaban J connectivity index is 3.29. The summed E-state index contributed by atoms with van der Waals surface area (Å²) in [7, 11) is 0. The van der Waals surface area contributed by atoms with E-state index in [0.717, 1.165) is 0 Å². The molecule has 0 saturated carbocycles. The van der Waals surface area contributed by atoms with Gasteiger partial charge in [0.1, 0.15) is 0 Å². The van der Waals surface area contributed by atoms with Crippen LogP contribution < -0.4 is 0 Å². The largest absolute Gasteiger partial charge is 0.513 e. The van der Waals surface area contributed by atoms with Crippen molar-refractivity contribution < 1.29 is 10.2 Å². The second-order valence-corrected chi connectivity index (χ2v) is 2.28. The SMILES string of the molecule is C=CCC(O)CCC(=C)O. The first-order valence-electron chi connectivity index (χ1n) is 3.32. The standard InChI is InChI=1S/C8H14O2/c1-3-4-8(10)6-5-7(2)9/h3,8-10H,1-2,4-6H2. The van der Waals surface area contributed by atoms with E-state index in [1.807, 2.05) is 0 Å². The van der Waals surface area contributed by atoms with Crippen LogP contribution in [-0.4, -0.2) is 16.3 Å². The zero-order chi connectivity index (χ0) is 7.98. The van der Waals surface area contributed by atoms with Crippen molar-refractivity contribution in [1.29, 1.82) is 0 Å². The third-order valence-corrected chi connectivity index (χ3v) is 1.20. The molecule has 0 saturated heterocycles. The van der Waals surface area contributed by atoms with Crippen LogP contribution in [0.4, 0.5) is 0 Å². The molecule has 0 amide bonds. The fourth-order valence-electron chi connectivity index (χ4n) is 0.643. The van der Waals surface area contributed by atoms with Crippen molar-refractivity contribution in [2.45, 2.75) is 25.4 Å². The Kier molecular flexibility index (Phi) is 4.67. The topological polar surface area (TPSA) is 40.5 Å². The lowest BCUT2D eigenvalue weighted by Crippen LogP contribution is -2.04. The summed E-state index contributed by atoms with van der Waals surface area (Å²) in [5.41, 5.74) is 0. The van der Waals surface area contributed by atoms with E-state index in [0.29, 0.717) is 19.3 Å². The Morgan fingerprint density at radius 3 is 2.60 bits per heavy atom. The van der Waals surface area contributed by atoms with Crippen LogP contribution in [0.5, 0.6) is 0 Å². The number of aliphatic hydroxyl groups is 2. The molecule has 0 aliphatic heterocycles. The molecule has 2 nitrogen and oxygen atoms in total. The van der Waals surface area contributed by atoms with Gasteiger partial charge < -0.3 is 10.2 Å². The Hall–Kier alpha value is -0.760. The maximum atomic E-state index is 9.07. The van der Waals surface area contributed by atoms with Crippen LogP contribution in [0, 0.1) is 0 Å². The fourth-order valence-corrected chi connectivity index (χ4v) is 0.643. The van der Waals surface area contributed by atoms with Gasteiger partial charge in [0.2, 0.25) is 0 Å². The highest BCUT2D eigenvalue weighted by molar-refractivity contribution is 4.81. The highest BCUT2D eigenvalue weighted by Crippen LogP contribution is 2.05. The molecule has 0 bridgehead atoms. The smallest absolute Gasteiger partial charge is 0.0852 e. The highest BCUT2D eigenvalue weighted by atomic mass is 16.3. The van der Waals surface area contributed by atoms with Gasteiger partial charge in [-0.1, -0.05) is 12.7 Å². The molecule has 0 radical (unpaired) electrons. The van der Waals surface area contributed by atoms with Gasteiger partial charge in [0.05, 0.1) is 11.9 Å². The summed E-state index contributed by atoms with van der Waals surface area (Å²) in [6.45, 7) is 6.79. The minimum atomic E-state index is -0.388. The first kappa shape index (κ1) is 9.24. The molecule has 0 aromatic heterocycles. The van der Waals surface area contributed by atoms with Crippen LogP contribution in [0.3, 0.4) is 0 Å². The van der Waals surface area contributed by atoms with Crippen LogP contribution in [0.1, 0.15) is 19.3 Å². The van der Waals surface area contributed by atoms with Crippen LogP contribution in [-0.2, 0) is 0 Å². The molecule has 0 spiro atoms. The minimum Gasteiger partial charge on any atom is -0.513 e. The molecule has 2 N–H and O–H groups in total. The van der Waals surface area contributed by atoms with Gasteiger partial charge in [-0.05, 0) is 12.8 Å². The lowest BCUT2D eigenvalue weighted by Gasteiger charge is -2.05. The summed E-state index contributed by atoms with van der Waals surface area (Å²) in [6.07, 6.45) is 2.87. The van der Waals surface area contributed by atoms with Gasteiger partial charge >= 0.3 is 0 Å². The average molecular weight is 142 g/mol. The number of aliphatic hydroxyl groups excluding tert-OH is 2. The number of hydrogen-bond donors (Lipinski definition) is 2. The van der Waals surface area contributed by atoms with Gasteiger partial charge in [0, 0.05) is 6.42 Å². The molecule has 0 aliphatic rings. The maximum absolute atomic E-state index is 9.07. The molecule has 58 valence electrons. The predicted molar refractivity (Wildman–Crippen MR) is 41.8 cm³/mol. The molecule has 0 aliphatic carbocycles. The quantitative estimate of drug-likeness (QED) is 0.453. The van der Waals surface area contributed by atoms with Gasteiger partial charge in [-0.25, -0.2) is 0 Å². The Bertz CT molecular complexity index is 118. The van der Waals surface area contributed by atoms with Crippen molar-refractivity contribution in [2.75, 3.05) is 0 Å². The van der Waals surface area contributed by atoms with Crippen LogP contribution in [0.25, 0.3) is 0 Å². The average Bonchev–Trinajstić information content (AvgIpc) is 1.85. The fraction of sp³-hybridized carbons (Fsp3) is 0.500. The molecule has 0 heterocycles. The van der Waals surface area contributed by atoms with Gasteiger partial charge in [-0.2, -0.15) is 0 Å². The van der Waals surface area contributed by atoms with E-state index in [4.69, 9.17) is 10.2 Å². The van der Waals surface area contributed by atoms with Crippen molar-refractivity contribution in [1.82, 2.24) is 0 Å². The summed E-state index contributed by atoms with van der Waals surface area (Å²) in [5, 5.41) is 17.7. The predicted octanol–water partition coefficient (Wildman–Crippen LogP) is 1.78. The second kappa shape index (κ2) is 5.06. The third kappa shape index (κ3) is 5.38. The van der Waals surface area contributed by atoms with E-state index >= 15 is 0 Å². The van der Waals surface area contributed by atoms with Gasteiger partial charge in [0.15, 0.2) is 0 Å². The molecule has 1 unspecified atom stereocenters. The lowest BCUT2D eigenvalue weighted by molar-refractivity contribution is 0.163. The number of allylic oxidation sites excluding steroid dienone is 1. The Morgan fingerprint density at radius 2 is 2.20 bits per heavy atom. The van der Waals surface area contributed by atoms with Crippen LogP contribution >= 0.6 is 0 Å². The molecular formula is C8H14O2. The monoisotopic (exact) mass is 142 g/mol. The van der Waals surface area contributed by atoms with Crippen molar-refractivity contribution in [2.24, 2.45) is 0 Å². The highest BCUT2D eigenvalue weighted by Gasteiger charge is 2.00. The van der Waals surface area contributed by atoms with E-state index in [9.17, 15) is 0 Å². The van der Waals surface area contributed by atoms with Crippen molar-refractivity contribution in [3.8, 4) is 0 Å². The van der Waals surface area contributed by atoms with Gasteiger partial charge in [-0.15, -0.1) is 6.58 Å². The van der Waals surface area contributed by atoms with Crippen molar-refractivity contribution in [3.05, 3.63) is 25.0 Å². The molecule has 1 atom stereocenters. The molecule has 0 fully saturated rings. The first-order valence-corrected chi connectivity index (χ1v) is 3.32. The van der Waals surface area contributed by atoms with E-state index in [1.54, 1.807) is 6.08 Å². The number of rotatable bonds is 5. The summed E-state index contributed by atoms with van der Waals surface area (Å²) in [4.78, 5) is 0. The molecule has 0 aromatic carbocycles. The Morgan fingerprint density at radius 1 is 1.60 bits per heavy atom. The normalized spacial score (nSPS) is 12.5. The molecule has 0 aromatic rings. The van der Waals surface area contributed by atoms with Crippen LogP contribution in [0.2, 0.25) is 0 Å². The summed E-state index contributed by atoms with van der Waals surface area (Å²) < 4.78 is 0. The first-order chi connectivity index (χ1) is 4.66. The maximum Gasteiger partial charge on any atom is 0.0852 e. The summed E-state index contributed by atoms with van der Waals surface area (Å²) in [5.74, 6) is 0.128. The van der Waals surface area contributed by atoms with Crippen molar-refractivity contribution in [3.63, 3.8) is 0 Å². The van der Waals surface area contributed by atoms with Gasteiger partial charge in [-0.3, -0.25) is 0 Å². The molecule has 2 heteroatoms. The second-order valence-electron chi connectivity index (χ2n) is 2.28. The van der Waals surface area contributed by atoms with E-state index in [2.05, 4.69) is 13.2 Å². The Labute approximate surface area is 61.5 Å². The van der Waals surface area contributed by atoms with Crippen LogP contribution in [0.15, 0.2) is 25.0 Å². The third-order valence-electron chi connectivity index (χ3n) is 1.20. The van der Waals surface area contributed by atoms with E-state index in [-0.39, 0.29) is 11.9 Å². The molecule has 0 rings (SSSR count). The minimum absolute atomic E-state index is 0.128. The van der Waals surface area contributed by atoms with E-state index in [1.165, 1.54) is 0 Å². The van der Waals surface area contributed by atoms with Crippen molar-refractivity contribution >= 4 is 0 Å². The zero-order valence-electron chi connectivity index (χ0n) is 6.08. The zero-order valence-corrected chi connectivity index (χ0v) is 6.08. The lowest BCUT2D eigenvalue weighted by atomic mass is 10.1. The van der Waals surface area contributed by atoms with E-state index < -0.39 is 0 Å².